The minimum atomic E-state index is -0.428. The van der Waals surface area contributed by atoms with Crippen molar-refractivity contribution in [1.29, 1.82) is 0 Å². The van der Waals surface area contributed by atoms with E-state index in [1.54, 1.807) is 24.3 Å². The lowest BCUT2D eigenvalue weighted by atomic mass is 10.2. The molecular formula is C34H29O7P. The van der Waals surface area contributed by atoms with Gasteiger partial charge in [0.15, 0.2) is 5.52 Å². The predicted octanol–water partition coefficient (Wildman–Crippen LogP) is 8.23. The average Bonchev–Trinajstić information content (AvgIpc) is 3.03. The number of methoxy groups -OCH3 is 3. The van der Waals surface area contributed by atoms with Gasteiger partial charge < -0.3 is 28.4 Å². The van der Waals surface area contributed by atoms with Gasteiger partial charge in [-0.25, -0.2) is 0 Å². The summed E-state index contributed by atoms with van der Waals surface area (Å²) in [6, 6.07) is 34.9. The van der Waals surface area contributed by atoms with Gasteiger partial charge in [0, 0.05) is 24.3 Å². The normalized spacial score (nSPS) is 10.7. The van der Waals surface area contributed by atoms with Crippen molar-refractivity contribution in [3.8, 4) is 51.7 Å². The Morgan fingerprint density at radius 3 is 1.29 bits per heavy atom. The maximum atomic E-state index is 14.0. The van der Waals surface area contributed by atoms with Gasteiger partial charge in [-0.05, 0) is 45.0 Å². The lowest BCUT2D eigenvalue weighted by Gasteiger charge is -2.19. The Bertz CT molecular complexity index is 1550. The standard InChI is InChI=1S/C34H29O7P/c1-36-26-19-28(37-2)32(29(20-26)38-3)34(35)42-33-30(40-24-15-9-5-10-16-24)21-27(39-23-13-7-4-8-14-23)22-31(33)41-25-17-11-6-12-18-25/h4-22,42H,1-3H3. The maximum absolute atomic E-state index is 14.0. The molecule has 7 nitrogen and oxygen atoms in total. The largest absolute Gasteiger partial charge is 0.496 e. The minimum absolute atomic E-state index is 0.237. The summed E-state index contributed by atoms with van der Waals surface area (Å²) in [5.41, 5.74) is 0.0546. The lowest BCUT2D eigenvalue weighted by molar-refractivity contribution is 0.108. The predicted molar refractivity (Wildman–Crippen MR) is 164 cm³/mol. The molecule has 1 atom stereocenters. The molecule has 0 aliphatic carbocycles. The second-order valence-corrected chi connectivity index (χ2v) is 10.1. The van der Waals surface area contributed by atoms with Crippen molar-refractivity contribution in [2.24, 2.45) is 0 Å². The molecule has 0 radical (unpaired) electrons. The summed E-state index contributed by atoms with van der Waals surface area (Å²) in [6.45, 7) is 0. The second-order valence-electron chi connectivity index (χ2n) is 8.90. The zero-order chi connectivity index (χ0) is 29.3. The van der Waals surface area contributed by atoms with Crippen molar-refractivity contribution in [3.05, 3.63) is 121 Å². The fraction of sp³-hybridized carbons (Fsp3) is 0.0882. The van der Waals surface area contributed by atoms with Crippen LogP contribution in [0.15, 0.2) is 115 Å². The van der Waals surface area contributed by atoms with Gasteiger partial charge in [0.1, 0.15) is 57.3 Å². The van der Waals surface area contributed by atoms with E-state index in [2.05, 4.69) is 0 Å². The highest BCUT2D eigenvalue weighted by atomic mass is 31.1. The quantitative estimate of drug-likeness (QED) is 0.138. The van der Waals surface area contributed by atoms with Gasteiger partial charge in [-0.1, -0.05) is 54.6 Å². The molecule has 0 aliphatic heterocycles. The molecular weight excluding hydrogens is 551 g/mol. The Labute approximate surface area is 246 Å². The van der Waals surface area contributed by atoms with Crippen LogP contribution in [0.1, 0.15) is 10.4 Å². The van der Waals surface area contributed by atoms with E-state index in [9.17, 15) is 4.79 Å². The van der Waals surface area contributed by atoms with Crippen LogP contribution in [0.5, 0.6) is 51.7 Å². The van der Waals surface area contributed by atoms with Gasteiger partial charge in [-0.15, -0.1) is 0 Å². The van der Waals surface area contributed by atoms with Crippen LogP contribution in [0, 0.1) is 0 Å². The summed E-state index contributed by atoms with van der Waals surface area (Å²) in [5, 5.41) is 0.549. The molecule has 0 saturated heterocycles. The third-order valence-electron chi connectivity index (χ3n) is 6.14. The van der Waals surface area contributed by atoms with Crippen LogP contribution < -0.4 is 33.7 Å². The number of benzene rings is 5. The molecule has 8 heteroatoms. The fourth-order valence-corrected chi connectivity index (χ4v) is 5.26. The molecule has 0 N–H and O–H groups in total. The van der Waals surface area contributed by atoms with Crippen molar-refractivity contribution in [2.45, 2.75) is 0 Å². The maximum Gasteiger partial charge on any atom is 0.193 e. The van der Waals surface area contributed by atoms with Crippen LogP contribution in [0.25, 0.3) is 0 Å². The third-order valence-corrected chi connectivity index (χ3v) is 7.36. The zero-order valence-electron chi connectivity index (χ0n) is 23.3. The number of rotatable bonds is 12. The zero-order valence-corrected chi connectivity index (χ0v) is 24.3. The number of hydrogen-bond acceptors (Lipinski definition) is 7. The van der Waals surface area contributed by atoms with Crippen molar-refractivity contribution in [2.75, 3.05) is 21.3 Å². The molecule has 212 valence electrons. The first kappa shape index (κ1) is 28.5. The van der Waals surface area contributed by atoms with E-state index in [4.69, 9.17) is 28.4 Å². The summed E-state index contributed by atoms with van der Waals surface area (Å²) in [7, 11) is 4.11. The highest BCUT2D eigenvalue weighted by Crippen LogP contribution is 2.43. The Hall–Kier alpha value is -5.00. The third kappa shape index (κ3) is 6.82. The molecule has 5 aromatic rings. The van der Waals surface area contributed by atoms with Crippen LogP contribution >= 0.6 is 8.58 Å². The molecule has 0 heterocycles. The fourth-order valence-electron chi connectivity index (χ4n) is 4.17. The van der Waals surface area contributed by atoms with E-state index in [1.807, 2.05) is 91.0 Å². The average molecular weight is 581 g/mol. The topological polar surface area (TPSA) is 72.5 Å². The van der Waals surface area contributed by atoms with Crippen molar-refractivity contribution >= 4 is 19.4 Å². The van der Waals surface area contributed by atoms with Crippen LogP contribution in [0.4, 0.5) is 0 Å². The van der Waals surface area contributed by atoms with Gasteiger partial charge in [-0.2, -0.15) is 0 Å². The number of carbonyl (C=O) groups is 1. The smallest absolute Gasteiger partial charge is 0.193 e. The lowest BCUT2D eigenvalue weighted by Crippen LogP contribution is -2.10. The van der Waals surface area contributed by atoms with Gasteiger partial charge in [-0.3, -0.25) is 4.79 Å². The molecule has 0 amide bonds. The molecule has 5 rings (SSSR count). The Morgan fingerprint density at radius 1 is 0.476 bits per heavy atom. The summed E-state index contributed by atoms with van der Waals surface area (Å²) in [6.07, 6.45) is 0. The minimum Gasteiger partial charge on any atom is -0.496 e. The molecule has 1 unspecified atom stereocenters. The molecule has 0 bridgehead atoms. The van der Waals surface area contributed by atoms with E-state index in [1.165, 1.54) is 21.3 Å². The number of carbonyl (C=O) groups excluding carboxylic acids is 1. The van der Waals surface area contributed by atoms with Gasteiger partial charge >= 0.3 is 0 Å². The van der Waals surface area contributed by atoms with E-state index in [0.717, 1.165) is 0 Å². The van der Waals surface area contributed by atoms with E-state index < -0.39 is 8.58 Å². The molecule has 0 spiro atoms. The molecule has 0 saturated carbocycles. The number of ether oxygens (including phenoxy) is 6. The van der Waals surface area contributed by atoms with E-state index in [0.29, 0.717) is 62.6 Å². The Morgan fingerprint density at radius 2 is 0.881 bits per heavy atom. The van der Waals surface area contributed by atoms with Gasteiger partial charge in [0.25, 0.3) is 0 Å². The Kier molecular flexibility index (Phi) is 9.22. The highest BCUT2D eigenvalue weighted by Gasteiger charge is 2.25. The van der Waals surface area contributed by atoms with E-state index in [-0.39, 0.29) is 5.52 Å². The van der Waals surface area contributed by atoms with Crippen molar-refractivity contribution in [1.82, 2.24) is 0 Å². The number of para-hydroxylation sites is 3. The first-order valence-electron chi connectivity index (χ1n) is 13.1. The van der Waals surface area contributed by atoms with E-state index >= 15 is 0 Å². The first-order valence-corrected chi connectivity index (χ1v) is 14.1. The highest BCUT2D eigenvalue weighted by molar-refractivity contribution is 7.66. The van der Waals surface area contributed by atoms with Gasteiger partial charge in [0.05, 0.1) is 26.6 Å². The Balaban J connectivity index is 1.64. The first-order chi connectivity index (χ1) is 20.6. The molecule has 0 aromatic heterocycles. The van der Waals surface area contributed by atoms with Crippen LogP contribution in [0.3, 0.4) is 0 Å². The monoisotopic (exact) mass is 580 g/mol. The van der Waals surface area contributed by atoms with Crippen LogP contribution in [0.2, 0.25) is 0 Å². The summed E-state index contributed by atoms with van der Waals surface area (Å²) in [5.74, 6) is 4.33. The summed E-state index contributed by atoms with van der Waals surface area (Å²) >= 11 is 0. The summed E-state index contributed by atoms with van der Waals surface area (Å²) < 4.78 is 35.4. The molecule has 0 aliphatic rings. The van der Waals surface area contributed by atoms with Crippen molar-refractivity contribution in [3.63, 3.8) is 0 Å². The number of hydrogen-bond donors (Lipinski definition) is 0. The SMILES string of the molecule is COc1cc(OC)c(C(=O)Pc2c(Oc3ccccc3)cc(Oc3ccccc3)cc2Oc2ccccc2)c(OC)c1. The molecule has 0 fully saturated rings. The van der Waals surface area contributed by atoms with Crippen LogP contribution in [-0.4, -0.2) is 26.9 Å². The van der Waals surface area contributed by atoms with Crippen molar-refractivity contribution < 1.29 is 33.2 Å². The van der Waals surface area contributed by atoms with Crippen LogP contribution in [-0.2, 0) is 0 Å². The van der Waals surface area contributed by atoms with Gasteiger partial charge in [0.2, 0.25) is 0 Å². The molecule has 42 heavy (non-hydrogen) atoms. The molecule has 5 aromatic carbocycles. The second kappa shape index (κ2) is 13.6. The summed E-state index contributed by atoms with van der Waals surface area (Å²) in [4.78, 5) is 14.0.